The van der Waals surface area contributed by atoms with Gasteiger partial charge in [-0.05, 0) is 36.8 Å². The highest BCUT2D eigenvalue weighted by atomic mass is 19.4. The first-order valence-corrected chi connectivity index (χ1v) is 6.66. The topological polar surface area (TPSA) is 78.3 Å². The maximum absolute atomic E-state index is 13.6. The molecule has 1 aromatic rings. The van der Waals surface area contributed by atoms with Crippen LogP contribution < -0.4 is 11.5 Å². The number of halogens is 5. The molecular formula is C15H15F5N2O2. The van der Waals surface area contributed by atoms with Gasteiger partial charge in [0.05, 0.1) is 17.9 Å². The summed E-state index contributed by atoms with van der Waals surface area (Å²) in [6, 6.07) is 3.77. The van der Waals surface area contributed by atoms with Gasteiger partial charge in [-0.15, -0.1) is 0 Å². The quantitative estimate of drug-likeness (QED) is 0.486. The van der Waals surface area contributed by atoms with Gasteiger partial charge in [-0.25, -0.2) is 4.79 Å². The molecule has 0 atom stereocenters. The van der Waals surface area contributed by atoms with Crippen LogP contribution in [-0.4, -0.2) is 18.5 Å². The molecule has 0 fully saturated rings. The molecule has 4 N–H and O–H groups in total. The molecule has 9 heteroatoms. The monoisotopic (exact) mass is 350 g/mol. The normalized spacial score (nSPS) is 13.8. The molecule has 1 rings (SSSR count). The number of carbonyl (C=O) groups is 1. The molecule has 0 spiro atoms. The smallest absolute Gasteiger partial charge is 0.416 e. The maximum Gasteiger partial charge on any atom is 0.416 e. The third-order valence-electron chi connectivity index (χ3n) is 2.88. The first-order valence-electron chi connectivity index (χ1n) is 6.66. The molecule has 0 bridgehead atoms. The van der Waals surface area contributed by atoms with E-state index >= 15 is 0 Å². The Morgan fingerprint density at radius 3 is 2.08 bits per heavy atom. The number of benzene rings is 1. The van der Waals surface area contributed by atoms with E-state index < -0.39 is 29.3 Å². The zero-order valence-electron chi connectivity index (χ0n) is 12.5. The number of esters is 1. The van der Waals surface area contributed by atoms with Gasteiger partial charge in [0.25, 0.3) is 0 Å². The lowest BCUT2D eigenvalue weighted by Gasteiger charge is -2.14. The van der Waals surface area contributed by atoms with Crippen molar-refractivity contribution in [3.8, 4) is 0 Å². The Bertz CT molecular complexity index is 649. The van der Waals surface area contributed by atoms with Crippen LogP contribution in [0.2, 0.25) is 0 Å². The van der Waals surface area contributed by atoms with E-state index in [1.165, 1.54) is 6.92 Å². The number of alkyl halides is 5. The molecule has 0 aromatic heterocycles. The van der Waals surface area contributed by atoms with Crippen molar-refractivity contribution in [3.05, 3.63) is 53.2 Å². The van der Waals surface area contributed by atoms with Crippen LogP contribution in [-0.2, 0) is 15.7 Å². The molecular weight excluding hydrogens is 335 g/mol. The fourth-order valence-electron chi connectivity index (χ4n) is 1.57. The van der Waals surface area contributed by atoms with Crippen molar-refractivity contribution in [2.24, 2.45) is 11.5 Å². The minimum absolute atomic E-state index is 0.105. The molecule has 4 nitrogen and oxygen atoms in total. The van der Waals surface area contributed by atoms with Gasteiger partial charge in [0.15, 0.2) is 0 Å². The van der Waals surface area contributed by atoms with Crippen LogP contribution in [0.25, 0.3) is 5.70 Å². The third-order valence-corrected chi connectivity index (χ3v) is 2.88. The minimum atomic E-state index is -4.50. The summed E-state index contributed by atoms with van der Waals surface area (Å²) in [5.41, 5.74) is 8.84. The second-order valence-corrected chi connectivity index (χ2v) is 4.61. The maximum atomic E-state index is 13.6. The molecule has 0 heterocycles. The summed E-state index contributed by atoms with van der Waals surface area (Å²) in [6.07, 6.45) is -2.84. The highest BCUT2D eigenvalue weighted by Gasteiger charge is 2.43. The SMILES string of the molecule is CCOC(=O)C(F)(F)/C(N)=C/C=C(\N)c1ccc(C(F)(F)F)cc1. The van der Waals surface area contributed by atoms with Crippen molar-refractivity contribution < 1.29 is 31.5 Å². The standard InChI is InChI=1S/C15H15F5N2O2/c1-2-24-13(23)14(16,17)12(22)8-7-11(21)9-3-5-10(6-4-9)15(18,19)20/h3-8H,2,21-22H2,1H3/b11-7-,12-8-. The number of allylic oxidation sites excluding steroid dienone is 2. The van der Waals surface area contributed by atoms with Crippen LogP contribution in [0.4, 0.5) is 22.0 Å². The average Bonchev–Trinajstić information content (AvgIpc) is 2.51. The fourth-order valence-corrected chi connectivity index (χ4v) is 1.57. The molecule has 0 unspecified atom stereocenters. The summed E-state index contributed by atoms with van der Waals surface area (Å²) >= 11 is 0. The highest BCUT2D eigenvalue weighted by Crippen LogP contribution is 2.29. The summed E-state index contributed by atoms with van der Waals surface area (Å²) in [7, 11) is 0. The van der Waals surface area contributed by atoms with Crippen molar-refractivity contribution >= 4 is 11.7 Å². The Morgan fingerprint density at radius 1 is 1.08 bits per heavy atom. The molecule has 24 heavy (non-hydrogen) atoms. The van der Waals surface area contributed by atoms with Crippen LogP contribution in [0.15, 0.2) is 42.1 Å². The van der Waals surface area contributed by atoms with Gasteiger partial charge in [-0.3, -0.25) is 0 Å². The van der Waals surface area contributed by atoms with Crippen molar-refractivity contribution in [2.75, 3.05) is 6.61 Å². The molecule has 0 saturated heterocycles. The van der Waals surface area contributed by atoms with Crippen molar-refractivity contribution in [1.82, 2.24) is 0 Å². The summed E-state index contributed by atoms with van der Waals surface area (Å²) in [5.74, 6) is -5.84. The van der Waals surface area contributed by atoms with Gasteiger partial charge >= 0.3 is 18.1 Å². The first kappa shape index (κ1) is 19.5. The predicted molar refractivity (Wildman–Crippen MR) is 77.5 cm³/mol. The fraction of sp³-hybridized carbons (Fsp3) is 0.267. The van der Waals surface area contributed by atoms with E-state index in [0.717, 1.165) is 30.3 Å². The molecule has 0 saturated carbocycles. The molecule has 0 aliphatic carbocycles. The average molecular weight is 350 g/mol. The Morgan fingerprint density at radius 2 is 1.62 bits per heavy atom. The second-order valence-electron chi connectivity index (χ2n) is 4.61. The predicted octanol–water partition coefficient (Wildman–Crippen LogP) is 3.05. The molecule has 0 radical (unpaired) electrons. The van der Waals surface area contributed by atoms with Crippen LogP contribution in [0.1, 0.15) is 18.1 Å². The molecule has 0 aliphatic rings. The Labute approximate surface area is 134 Å². The number of hydrogen-bond acceptors (Lipinski definition) is 4. The highest BCUT2D eigenvalue weighted by molar-refractivity contribution is 5.81. The van der Waals surface area contributed by atoms with E-state index in [9.17, 15) is 26.7 Å². The van der Waals surface area contributed by atoms with Crippen LogP contribution >= 0.6 is 0 Å². The molecule has 132 valence electrons. The summed E-state index contributed by atoms with van der Waals surface area (Å²) in [4.78, 5) is 11.1. The van der Waals surface area contributed by atoms with E-state index in [1.54, 1.807) is 0 Å². The number of rotatable bonds is 5. The lowest BCUT2D eigenvalue weighted by molar-refractivity contribution is -0.166. The van der Waals surface area contributed by atoms with Gasteiger partial charge in [0.2, 0.25) is 0 Å². The van der Waals surface area contributed by atoms with Crippen LogP contribution in [0.3, 0.4) is 0 Å². The van der Waals surface area contributed by atoms with Crippen LogP contribution in [0, 0.1) is 0 Å². The Kier molecular flexibility index (Phi) is 5.94. The van der Waals surface area contributed by atoms with Gasteiger partial charge in [0, 0.05) is 5.70 Å². The molecule has 0 aliphatic heterocycles. The van der Waals surface area contributed by atoms with Gasteiger partial charge < -0.3 is 16.2 Å². The van der Waals surface area contributed by atoms with E-state index in [-0.39, 0.29) is 17.9 Å². The summed E-state index contributed by atoms with van der Waals surface area (Å²) in [5, 5.41) is 0. The Balaban J connectivity index is 2.98. The number of nitrogens with two attached hydrogens (primary N) is 2. The van der Waals surface area contributed by atoms with E-state index in [1.807, 2.05) is 0 Å². The van der Waals surface area contributed by atoms with Crippen molar-refractivity contribution in [2.45, 2.75) is 19.0 Å². The largest absolute Gasteiger partial charge is 0.461 e. The number of hydrogen-bond donors (Lipinski definition) is 2. The summed E-state index contributed by atoms with van der Waals surface area (Å²) in [6.45, 7) is 1.11. The van der Waals surface area contributed by atoms with Gasteiger partial charge in [-0.1, -0.05) is 12.1 Å². The number of ether oxygens (including phenoxy) is 1. The van der Waals surface area contributed by atoms with Crippen molar-refractivity contribution in [3.63, 3.8) is 0 Å². The first-order chi connectivity index (χ1) is 11.0. The van der Waals surface area contributed by atoms with Gasteiger partial charge in [-0.2, -0.15) is 22.0 Å². The van der Waals surface area contributed by atoms with Crippen LogP contribution in [0.5, 0.6) is 0 Å². The second kappa shape index (κ2) is 7.33. The number of carbonyl (C=O) groups excluding carboxylic acids is 1. The molecule has 1 aromatic carbocycles. The van der Waals surface area contributed by atoms with Gasteiger partial charge in [0.1, 0.15) is 0 Å². The lowest BCUT2D eigenvalue weighted by Crippen LogP contribution is -2.36. The molecule has 0 amide bonds. The van der Waals surface area contributed by atoms with Crippen molar-refractivity contribution in [1.29, 1.82) is 0 Å². The van der Waals surface area contributed by atoms with E-state index in [0.29, 0.717) is 6.08 Å². The van der Waals surface area contributed by atoms with E-state index in [2.05, 4.69) is 4.74 Å². The minimum Gasteiger partial charge on any atom is -0.461 e. The Hall–Kier alpha value is -2.58. The summed E-state index contributed by atoms with van der Waals surface area (Å²) < 4.78 is 68.7. The zero-order chi connectivity index (χ0) is 18.5. The third kappa shape index (κ3) is 4.71. The zero-order valence-corrected chi connectivity index (χ0v) is 12.5. The van der Waals surface area contributed by atoms with E-state index in [4.69, 9.17) is 11.5 Å². The lowest BCUT2D eigenvalue weighted by atomic mass is 10.1.